The molecule has 2 heterocycles. The molecule has 0 unspecified atom stereocenters. The Hall–Kier alpha value is -2.08. The van der Waals surface area contributed by atoms with Gasteiger partial charge in [-0.05, 0) is 17.7 Å². The summed E-state index contributed by atoms with van der Waals surface area (Å²) in [6, 6.07) is 6.24. The fourth-order valence-corrected chi connectivity index (χ4v) is 2.20. The lowest BCUT2D eigenvalue weighted by Crippen LogP contribution is -2.17. The molecule has 0 radical (unpaired) electrons. The normalized spacial score (nSPS) is 13.9. The summed E-state index contributed by atoms with van der Waals surface area (Å²) in [5.41, 5.74) is 2.21. The number of fused-ring (bicyclic) bond motifs is 1. The molecule has 0 bridgehead atoms. The summed E-state index contributed by atoms with van der Waals surface area (Å²) in [6.07, 6.45) is -0.142. The van der Waals surface area contributed by atoms with Crippen LogP contribution in [0.15, 0.2) is 24.3 Å². The van der Waals surface area contributed by atoms with Crippen molar-refractivity contribution < 1.29 is 13.5 Å². The Morgan fingerprint density at radius 1 is 1.25 bits per heavy atom. The highest BCUT2D eigenvalue weighted by atomic mass is 19.1. The van der Waals surface area contributed by atoms with Gasteiger partial charge in [0.25, 0.3) is 0 Å². The first-order chi connectivity index (χ1) is 9.72. The predicted molar refractivity (Wildman–Crippen MR) is 69.1 cm³/mol. The van der Waals surface area contributed by atoms with E-state index in [1.54, 1.807) is 12.1 Å². The molecule has 0 spiro atoms. The van der Waals surface area contributed by atoms with E-state index in [2.05, 4.69) is 15.3 Å². The average molecular weight is 277 g/mol. The van der Waals surface area contributed by atoms with Crippen molar-refractivity contribution in [1.29, 1.82) is 0 Å². The second kappa shape index (κ2) is 5.50. The van der Waals surface area contributed by atoms with Gasteiger partial charge in [-0.15, -0.1) is 0 Å². The number of anilines is 1. The largest absolute Gasteiger partial charge is 0.375 e. The Morgan fingerprint density at radius 3 is 3.00 bits per heavy atom. The van der Waals surface area contributed by atoms with Gasteiger partial charge in [0.2, 0.25) is 0 Å². The van der Waals surface area contributed by atoms with Crippen LogP contribution in [0.3, 0.4) is 0 Å². The highest BCUT2D eigenvalue weighted by Crippen LogP contribution is 2.22. The quantitative estimate of drug-likeness (QED) is 0.875. The first-order valence-corrected chi connectivity index (χ1v) is 6.34. The van der Waals surface area contributed by atoms with Crippen molar-refractivity contribution in [1.82, 2.24) is 9.97 Å². The highest BCUT2D eigenvalue weighted by Gasteiger charge is 2.18. The van der Waals surface area contributed by atoms with Gasteiger partial charge in [0.05, 0.1) is 18.9 Å². The van der Waals surface area contributed by atoms with Crippen LogP contribution in [0, 0.1) is 11.9 Å². The summed E-state index contributed by atoms with van der Waals surface area (Å²) in [7, 11) is 0. The Labute approximate surface area is 114 Å². The Bertz CT molecular complexity index is 634. The molecular formula is C14H13F2N3O. The lowest BCUT2D eigenvalue weighted by Gasteiger charge is -2.18. The van der Waals surface area contributed by atoms with E-state index in [9.17, 15) is 8.78 Å². The number of halogens is 2. The highest BCUT2D eigenvalue weighted by molar-refractivity contribution is 5.47. The van der Waals surface area contributed by atoms with E-state index in [1.165, 1.54) is 12.1 Å². The fourth-order valence-electron chi connectivity index (χ4n) is 2.20. The SMILES string of the molecule is Fc1cccc(CNc2nc(F)nc3c2CCOC3)c1. The van der Waals surface area contributed by atoms with Crippen LogP contribution in [-0.2, 0) is 24.3 Å². The van der Waals surface area contributed by atoms with Gasteiger partial charge in [0.15, 0.2) is 0 Å². The maximum absolute atomic E-state index is 13.4. The number of nitrogens with one attached hydrogen (secondary N) is 1. The van der Waals surface area contributed by atoms with Crippen LogP contribution >= 0.6 is 0 Å². The van der Waals surface area contributed by atoms with Crippen LogP contribution < -0.4 is 5.32 Å². The van der Waals surface area contributed by atoms with Gasteiger partial charge in [-0.2, -0.15) is 9.37 Å². The van der Waals surface area contributed by atoms with Crippen molar-refractivity contribution in [2.75, 3.05) is 11.9 Å². The monoisotopic (exact) mass is 277 g/mol. The molecule has 3 rings (SSSR count). The van der Waals surface area contributed by atoms with Crippen LogP contribution in [0.5, 0.6) is 0 Å². The Balaban J connectivity index is 1.82. The molecule has 1 aromatic heterocycles. The van der Waals surface area contributed by atoms with E-state index >= 15 is 0 Å². The third-order valence-corrected chi connectivity index (χ3v) is 3.15. The molecule has 0 aliphatic carbocycles. The lowest BCUT2D eigenvalue weighted by atomic mass is 10.1. The standard InChI is InChI=1S/C14H13F2N3O/c15-10-3-1-2-9(6-10)7-17-13-11-4-5-20-8-12(11)18-14(16)19-13/h1-3,6H,4-5,7-8H2,(H,17,18,19). The van der Waals surface area contributed by atoms with Crippen molar-refractivity contribution in [3.05, 3.63) is 53.0 Å². The summed E-state index contributed by atoms with van der Waals surface area (Å²) in [6.45, 7) is 1.24. The zero-order valence-electron chi connectivity index (χ0n) is 10.7. The van der Waals surface area contributed by atoms with E-state index in [0.717, 1.165) is 11.1 Å². The summed E-state index contributed by atoms with van der Waals surface area (Å²) in [5.74, 6) is 0.161. The molecule has 20 heavy (non-hydrogen) atoms. The lowest BCUT2D eigenvalue weighted by molar-refractivity contribution is 0.106. The van der Waals surface area contributed by atoms with Gasteiger partial charge in [0, 0.05) is 18.5 Å². The fraction of sp³-hybridized carbons (Fsp3) is 0.286. The summed E-state index contributed by atoms with van der Waals surface area (Å²) >= 11 is 0. The van der Waals surface area contributed by atoms with Gasteiger partial charge in [-0.3, -0.25) is 0 Å². The predicted octanol–water partition coefficient (Wildman–Crippen LogP) is 2.44. The molecule has 6 heteroatoms. The maximum Gasteiger partial charge on any atom is 0.310 e. The number of nitrogens with zero attached hydrogens (tertiary/aromatic N) is 2. The minimum Gasteiger partial charge on any atom is -0.375 e. The summed E-state index contributed by atoms with van der Waals surface area (Å²) < 4.78 is 31.7. The van der Waals surface area contributed by atoms with Crippen LogP contribution in [0.2, 0.25) is 0 Å². The molecule has 104 valence electrons. The van der Waals surface area contributed by atoms with Crippen molar-refractivity contribution in [3.63, 3.8) is 0 Å². The topological polar surface area (TPSA) is 47.0 Å². The van der Waals surface area contributed by atoms with Gasteiger partial charge in [-0.25, -0.2) is 9.37 Å². The zero-order valence-corrected chi connectivity index (χ0v) is 10.7. The molecule has 0 atom stereocenters. The first kappa shape index (κ1) is 12.9. The second-order valence-corrected chi connectivity index (χ2v) is 4.55. The Kier molecular flexibility index (Phi) is 3.56. The second-order valence-electron chi connectivity index (χ2n) is 4.55. The number of rotatable bonds is 3. The number of hydrogen-bond donors (Lipinski definition) is 1. The molecule has 0 amide bonds. The maximum atomic E-state index is 13.4. The van der Waals surface area contributed by atoms with Crippen molar-refractivity contribution >= 4 is 5.82 Å². The van der Waals surface area contributed by atoms with E-state index in [4.69, 9.17) is 4.74 Å². The first-order valence-electron chi connectivity index (χ1n) is 6.34. The molecule has 1 aromatic carbocycles. The number of aromatic nitrogens is 2. The number of hydrogen-bond acceptors (Lipinski definition) is 4. The van der Waals surface area contributed by atoms with Gasteiger partial charge in [-0.1, -0.05) is 12.1 Å². The van der Waals surface area contributed by atoms with Crippen LogP contribution in [-0.4, -0.2) is 16.6 Å². The van der Waals surface area contributed by atoms with Crippen molar-refractivity contribution in [2.24, 2.45) is 0 Å². The van der Waals surface area contributed by atoms with Crippen LogP contribution in [0.1, 0.15) is 16.8 Å². The number of benzene rings is 1. The minimum absolute atomic E-state index is 0.295. The van der Waals surface area contributed by atoms with E-state index in [0.29, 0.717) is 37.7 Å². The van der Waals surface area contributed by atoms with E-state index < -0.39 is 6.08 Å². The molecule has 0 fully saturated rings. The van der Waals surface area contributed by atoms with E-state index in [-0.39, 0.29) is 5.82 Å². The Morgan fingerprint density at radius 2 is 2.15 bits per heavy atom. The van der Waals surface area contributed by atoms with Gasteiger partial charge in [0.1, 0.15) is 11.6 Å². The average Bonchev–Trinajstić information content (AvgIpc) is 2.44. The van der Waals surface area contributed by atoms with Gasteiger partial charge >= 0.3 is 6.08 Å². The molecule has 1 aliphatic heterocycles. The molecule has 1 N–H and O–H groups in total. The van der Waals surface area contributed by atoms with Crippen molar-refractivity contribution in [3.8, 4) is 0 Å². The minimum atomic E-state index is -0.781. The van der Waals surface area contributed by atoms with Crippen molar-refractivity contribution in [2.45, 2.75) is 19.6 Å². The van der Waals surface area contributed by atoms with Crippen LogP contribution in [0.25, 0.3) is 0 Å². The molecule has 2 aromatic rings. The molecule has 0 saturated carbocycles. The van der Waals surface area contributed by atoms with Crippen LogP contribution in [0.4, 0.5) is 14.6 Å². The molecular weight excluding hydrogens is 264 g/mol. The van der Waals surface area contributed by atoms with E-state index in [1.807, 2.05) is 0 Å². The summed E-state index contributed by atoms with van der Waals surface area (Å²) in [5, 5.41) is 3.04. The third-order valence-electron chi connectivity index (χ3n) is 3.15. The zero-order chi connectivity index (χ0) is 13.9. The third kappa shape index (κ3) is 2.75. The van der Waals surface area contributed by atoms with Gasteiger partial charge < -0.3 is 10.1 Å². The summed E-state index contributed by atoms with van der Waals surface area (Å²) in [4.78, 5) is 7.53. The number of ether oxygens (including phenoxy) is 1. The molecule has 1 aliphatic rings. The molecule has 0 saturated heterocycles. The smallest absolute Gasteiger partial charge is 0.310 e. The molecule has 4 nitrogen and oxygen atoms in total.